The van der Waals surface area contributed by atoms with Gasteiger partial charge in [-0.25, -0.2) is 4.79 Å². The van der Waals surface area contributed by atoms with Gasteiger partial charge in [0, 0.05) is 12.8 Å². The Labute approximate surface area is 538 Å². The molecule has 0 aliphatic heterocycles. The van der Waals surface area contributed by atoms with Crippen molar-refractivity contribution in [1.82, 2.24) is 0 Å². The third-order valence-electron chi connectivity index (χ3n) is 16.5. The number of aliphatic carboxylic acids is 1. The van der Waals surface area contributed by atoms with Crippen LogP contribution in [0.2, 0.25) is 0 Å². The molecule has 0 rings (SSSR count). The minimum Gasteiger partial charge on any atom is -0.477 e. The number of esters is 2. The van der Waals surface area contributed by atoms with E-state index < -0.39 is 24.3 Å². The van der Waals surface area contributed by atoms with Crippen LogP contribution in [0.3, 0.4) is 0 Å². The molecule has 2 unspecified atom stereocenters. The van der Waals surface area contributed by atoms with Crippen LogP contribution in [0.5, 0.6) is 0 Å². The Bertz CT molecular complexity index is 1660. The normalized spacial score (nSPS) is 13.1. The first kappa shape index (κ1) is 83.7. The minimum atomic E-state index is -1.52. The number of rotatable bonds is 69. The summed E-state index contributed by atoms with van der Waals surface area (Å²) >= 11 is 0. The second-order valence-corrected chi connectivity index (χ2v) is 26.2. The van der Waals surface area contributed by atoms with Crippen molar-refractivity contribution < 1.29 is 42.9 Å². The van der Waals surface area contributed by atoms with Crippen LogP contribution in [-0.4, -0.2) is 87.4 Å². The molecule has 2 atom stereocenters. The molecule has 9 heteroatoms. The summed E-state index contributed by atoms with van der Waals surface area (Å²) in [6, 6.07) is 0. The van der Waals surface area contributed by atoms with E-state index in [-0.39, 0.29) is 32.2 Å². The summed E-state index contributed by atoms with van der Waals surface area (Å²) in [7, 11) is 5.98. The largest absolute Gasteiger partial charge is 0.477 e. The molecule has 0 aliphatic carbocycles. The molecular formula is C78H142NO8+. The number of ether oxygens (including phenoxy) is 4. The van der Waals surface area contributed by atoms with E-state index in [1.807, 2.05) is 21.1 Å². The van der Waals surface area contributed by atoms with Crippen LogP contribution in [0.4, 0.5) is 0 Å². The minimum absolute atomic E-state index is 0.183. The quantitative estimate of drug-likeness (QED) is 0.0211. The van der Waals surface area contributed by atoms with Crippen molar-refractivity contribution in [3.63, 3.8) is 0 Å². The number of hydrogen-bond donors (Lipinski definition) is 1. The molecule has 0 fully saturated rings. The molecule has 506 valence electrons. The monoisotopic (exact) mass is 1220 g/mol. The highest BCUT2D eigenvalue weighted by Gasteiger charge is 2.25. The van der Waals surface area contributed by atoms with E-state index in [1.54, 1.807) is 0 Å². The second-order valence-electron chi connectivity index (χ2n) is 26.2. The van der Waals surface area contributed by atoms with E-state index >= 15 is 0 Å². The summed E-state index contributed by atoms with van der Waals surface area (Å²) in [5.41, 5.74) is 0. The van der Waals surface area contributed by atoms with Gasteiger partial charge < -0.3 is 28.5 Å². The van der Waals surface area contributed by atoms with Crippen molar-refractivity contribution in [2.75, 3.05) is 47.5 Å². The summed E-state index contributed by atoms with van der Waals surface area (Å²) in [5, 5.41) is 9.75. The van der Waals surface area contributed by atoms with Gasteiger partial charge in [0.05, 0.1) is 34.4 Å². The molecule has 0 aromatic carbocycles. The van der Waals surface area contributed by atoms with Gasteiger partial charge in [-0.3, -0.25) is 9.59 Å². The predicted molar refractivity (Wildman–Crippen MR) is 373 cm³/mol. The Hall–Kier alpha value is -3.27. The molecular weight excluding hydrogens is 1080 g/mol. The fraction of sp³-hybridized carbons (Fsp3) is 0.808. The molecule has 0 aliphatic rings. The van der Waals surface area contributed by atoms with Crippen LogP contribution < -0.4 is 0 Å². The Morgan fingerprint density at radius 3 is 0.977 bits per heavy atom. The fourth-order valence-corrected chi connectivity index (χ4v) is 10.8. The summed E-state index contributed by atoms with van der Waals surface area (Å²) in [5.74, 6) is -2.01. The van der Waals surface area contributed by atoms with Crippen molar-refractivity contribution in [2.45, 2.75) is 360 Å². The molecule has 1 N–H and O–H groups in total. The zero-order chi connectivity index (χ0) is 63.3. The van der Waals surface area contributed by atoms with Crippen LogP contribution in [-0.2, 0) is 33.3 Å². The van der Waals surface area contributed by atoms with Gasteiger partial charge in [-0.15, -0.1) is 0 Å². The van der Waals surface area contributed by atoms with Crippen LogP contribution in [0.1, 0.15) is 348 Å². The van der Waals surface area contributed by atoms with E-state index in [2.05, 4.69) is 86.8 Å². The summed E-state index contributed by atoms with van der Waals surface area (Å²) in [6.45, 7) is 4.79. The standard InChI is InChI=1S/C78H141NO8/c1-6-8-10-12-14-16-18-20-22-24-26-28-30-32-33-34-35-36-37-38-39-40-41-42-43-45-46-48-50-52-54-56-58-60-62-64-66-68-75(80)85-72-74(73-86-78(77(82)83)84-71-70-79(3,4)5)87-76(81)69-67-65-63-61-59-57-55-53-51-49-47-44-31-29-27-25-23-21-19-17-15-13-11-9-7-2/h9,11,15,17,21,23,27,29,44,47,51,53,74,78H,6-8,10,12-14,16,18-20,22,24-26,28,30-43,45-46,48-50,52,54-73H2,1-5H3/p+1/b11-9-,17-15-,23-21-,29-27-,47-44-,53-51-. The van der Waals surface area contributed by atoms with Gasteiger partial charge in [0.25, 0.3) is 6.29 Å². The van der Waals surface area contributed by atoms with Crippen LogP contribution in [0.25, 0.3) is 0 Å². The lowest BCUT2D eigenvalue weighted by Gasteiger charge is -2.25. The number of carboxylic acids is 1. The Morgan fingerprint density at radius 1 is 0.356 bits per heavy atom. The van der Waals surface area contributed by atoms with Crippen LogP contribution in [0.15, 0.2) is 72.9 Å². The number of carboxylic acid groups (broad SMARTS) is 1. The Morgan fingerprint density at radius 2 is 0.655 bits per heavy atom. The smallest absolute Gasteiger partial charge is 0.361 e. The van der Waals surface area contributed by atoms with Crippen molar-refractivity contribution in [3.05, 3.63) is 72.9 Å². The second kappa shape index (κ2) is 68.6. The van der Waals surface area contributed by atoms with Crippen LogP contribution >= 0.6 is 0 Å². The van der Waals surface area contributed by atoms with Crippen molar-refractivity contribution in [2.24, 2.45) is 0 Å². The first-order chi connectivity index (χ1) is 42.6. The lowest BCUT2D eigenvalue weighted by molar-refractivity contribution is -0.870. The molecule has 9 nitrogen and oxygen atoms in total. The number of nitrogens with zero attached hydrogens (tertiary/aromatic N) is 1. The average Bonchev–Trinajstić information content (AvgIpc) is 3.59. The lowest BCUT2D eigenvalue weighted by Crippen LogP contribution is -2.40. The van der Waals surface area contributed by atoms with Gasteiger partial charge in [0.1, 0.15) is 13.2 Å². The average molecular weight is 1220 g/mol. The number of unbranched alkanes of at least 4 members (excludes halogenated alkanes) is 42. The maximum Gasteiger partial charge on any atom is 0.361 e. The van der Waals surface area contributed by atoms with E-state index in [9.17, 15) is 19.5 Å². The summed E-state index contributed by atoms with van der Waals surface area (Å²) in [6.07, 6.45) is 89.0. The number of allylic oxidation sites excluding steroid dienone is 12. The highest BCUT2D eigenvalue weighted by atomic mass is 16.7. The Kier molecular flexibility index (Phi) is 66.1. The van der Waals surface area contributed by atoms with Crippen LogP contribution in [0, 0.1) is 0 Å². The molecule has 0 spiro atoms. The van der Waals surface area contributed by atoms with E-state index in [0.29, 0.717) is 23.9 Å². The molecule has 0 aromatic rings. The van der Waals surface area contributed by atoms with Gasteiger partial charge in [0.2, 0.25) is 0 Å². The maximum atomic E-state index is 12.9. The van der Waals surface area contributed by atoms with Gasteiger partial charge in [0.15, 0.2) is 6.10 Å². The lowest BCUT2D eigenvalue weighted by atomic mass is 10.0. The molecule has 0 saturated heterocycles. The third kappa shape index (κ3) is 70.1. The number of carbonyl (C=O) groups excluding carboxylic acids is 2. The van der Waals surface area contributed by atoms with Crippen molar-refractivity contribution >= 4 is 17.9 Å². The molecule has 0 radical (unpaired) electrons. The maximum absolute atomic E-state index is 12.9. The summed E-state index contributed by atoms with van der Waals surface area (Å²) in [4.78, 5) is 37.6. The number of likely N-dealkylation sites (N-methyl/N-ethyl adjacent to an activating group) is 1. The predicted octanol–water partition coefficient (Wildman–Crippen LogP) is 23.3. The molecule has 0 heterocycles. The van der Waals surface area contributed by atoms with Gasteiger partial charge >= 0.3 is 17.9 Å². The van der Waals surface area contributed by atoms with E-state index in [1.165, 1.54) is 218 Å². The van der Waals surface area contributed by atoms with Gasteiger partial charge in [-0.2, -0.15) is 0 Å². The molecule has 0 bridgehead atoms. The molecule has 0 saturated carbocycles. The van der Waals surface area contributed by atoms with Gasteiger partial charge in [-0.1, -0.05) is 344 Å². The topological polar surface area (TPSA) is 108 Å². The third-order valence-corrected chi connectivity index (χ3v) is 16.5. The number of hydrogen-bond acceptors (Lipinski definition) is 7. The molecule has 87 heavy (non-hydrogen) atoms. The SMILES string of the molecule is CC/C=C\C/C=C\C/C=C\C/C=C\C/C=C\C/C=C\CCCCCCCCC(=O)OC(COC(=O)CCCCCCCCCCCCCCCCCCCCCCCCCCCCCCCCCCCCCCC)COC(OCC[N+](C)(C)C)C(=O)O. The fourth-order valence-electron chi connectivity index (χ4n) is 10.8. The Balaban J connectivity index is 4.03. The highest BCUT2D eigenvalue weighted by Crippen LogP contribution is 2.19. The number of carbonyl (C=O) groups is 3. The zero-order valence-corrected chi connectivity index (χ0v) is 57.9. The summed E-state index contributed by atoms with van der Waals surface area (Å²) < 4.78 is 23.0. The highest BCUT2D eigenvalue weighted by molar-refractivity contribution is 5.71. The van der Waals surface area contributed by atoms with Crippen molar-refractivity contribution in [1.29, 1.82) is 0 Å². The first-order valence-corrected chi connectivity index (χ1v) is 37.1. The van der Waals surface area contributed by atoms with E-state index in [0.717, 1.165) is 96.3 Å². The van der Waals surface area contributed by atoms with E-state index in [4.69, 9.17) is 18.9 Å². The van der Waals surface area contributed by atoms with Crippen molar-refractivity contribution in [3.8, 4) is 0 Å². The molecule has 0 amide bonds. The van der Waals surface area contributed by atoms with Gasteiger partial charge in [-0.05, 0) is 64.2 Å². The first-order valence-electron chi connectivity index (χ1n) is 37.1. The number of quaternary nitrogens is 1. The molecule has 0 aromatic heterocycles. The zero-order valence-electron chi connectivity index (χ0n) is 57.9.